The third-order valence-electron chi connectivity index (χ3n) is 2.13. The van der Waals surface area contributed by atoms with Gasteiger partial charge in [-0.05, 0) is 0 Å². The van der Waals surface area contributed by atoms with Crippen molar-refractivity contribution in [3.63, 3.8) is 0 Å². The van der Waals surface area contributed by atoms with E-state index in [0.717, 1.165) is 0 Å². The van der Waals surface area contributed by atoms with E-state index in [1.807, 2.05) is 0 Å². The maximum absolute atomic E-state index is 2.17. The molecule has 20 heavy (non-hydrogen) atoms. The van der Waals surface area contributed by atoms with Gasteiger partial charge in [0.25, 0.3) is 0 Å². The van der Waals surface area contributed by atoms with Crippen LogP contribution in [-0.2, 0) is 23.9 Å². The largest absolute Gasteiger partial charge is 1.00 e. The van der Waals surface area contributed by atoms with Crippen LogP contribution < -0.4 is 24.8 Å². The zero-order chi connectivity index (χ0) is 14.1. The van der Waals surface area contributed by atoms with Crippen molar-refractivity contribution in [1.29, 1.82) is 0 Å². The molecule has 0 aromatic heterocycles. The summed E-state index contributed by atoms with van der Waals surface area (Å²) in [6, 6.07) is 12.8. The second-order valence-electron chi connectivity index (χ2n) is 4.93. The van der Waals surface area contributed by atoms with Gasteiger partial charge in [-0.2, -0.15) is 35.4 Å². The molecule has 112 valence electrons. The minimum Gasteiger partial charge on any atom is -1.00 e. The molecule has 0 amide bonds. The Labute approximate surface area is 151 Å². The summed E-state index contributed by atoms with van der Waals surface area (Å²) in [6.07, 6.45) is 0. The minimum atomic E-state index is 0. The maximum atomic E-state index is 2.17. The fourth-order valence-corrected chi connectivity index (χ4v) is 1.44. The topological polar surface area (TPSA) is 0 Å². The summed E-state index contributed by atoms with van der Waals surface area (Å²) < 4.78 is 1.56. The van der Waals surface area contributed by atoms with Crippen molar-refractivity contribution in [2.24, 2.45) is 0 Å². The third kappa shape index (κ3) is 16.1. The van der Waals surface area contributed by atoms with Crippen LogP contribution in [0.2, 0.25) is 0 Å². The normalized spacial score (nSPS) is 8.00. The summed E-state index contributed by atoms with van der Waals surface area (Å²) in [5, 5.41) is 0. The molecule has 0 atom stereocenters. The van der Waals surface area contributed by atoms with Gasteiger partial charge >= 0.3 is 41.0 Å². The monoisotopic (exact) mass is 478 g/mol. The van der Waals surface area contributed by atoms with Crippen LogP contribution in [0.5, 0.6) is 0 Å². The summed E-state index contributed by atoms with van der Waals surface area (Å²) in [5.41, 5.74) is 5.44. The van der Waals surface area contributed by atoms with E-state index >= 15 is 0 Å². The Bertz CT molecular complexity index is 392. The molecule has 0 aliphatic rings. The van der Waals surface area contributed by atoms with E-state index in [-0.39, 0.29) is 24.8 Å². The standard InChI is InChI=1S/2C7H9.C3H6.2ClH.Hf/c2*1-6-3-4-7(2)5-6;1-3-2;;;/h2*3-5H,1-2H3;1-2H3;2*1H;/q2*-1;;;;+2/p-2. The predicted octanol–water partition coefficient (Wildman–Crippen LogP) is -1.20. The zero-order valence-electron chi connectivity index (χ0n) is 13.2. The SMILES string of the molecule is C[C](C)=[Hf+2].Cc1c[cH-]c(C)c1.Cc1c[cH-]c(C)c1.[Cl-].[Cl-]. The summed E-state index contributed by atoms with van der Waals surface area (Å²) in [4.78, 5) is 0. The minimum absolute atomic E-state index is 0. The molecule has 2 aromatic carbocycles. The molecule has 0 spiro atoms. The van der Waals surface area contributed by atoms with Gasteiger partial charge in [-0.1, -0.05) is 27.7 Å². The fourth-order valence-electron chi connectivity index (χ4n) is 1.44. The van der Waals surface area contributed by atoms with E-state index in [0.29, 0.717) is 0 Å². The van der Waals surface area contributed by atoms with Gasteiger partial charge in [-0.25, -0.2) is 23.3 Å². The Kier molecular flexibility index (Phi) is 17.5. The summed E-state index contributed by atoms with van der Waals surface area (Å²) >= 11 is 1.27. The first-order valence-electron chi connectivity index (χ1n) is 6.23. The van der Waals surface area contributed by atoms with Gasteiger partial charge in [0.2, 0.25) is 0 Å². The molecule has 0 aliphatic heterocycles. The van der Waals surface area contributed by atoms with E-state index in [9.17, 15) is 0 Å². The second kappa shape index (κ2) is 14.0. The molecule has 0 saturated carbocycles. The van der Waals surface area contributed by atoms with E-state index in [2.05, 4.69) is 77.9 Å². The predicted molar refractivity (Wildman–Crippen MR) is 79.4 cm³/mol. The van der Waals surface area contributed by atoms with Crippen molar-refractivity contribution in [2.75, 3.05) is 0 Å². The maximum Gasteiger partial charge on any atom is -0.0635 e. The van der Waals surface area contributed by atoms with E-state index in [1.165, 1.54) is 46.1 Å². The summed E-state index contributed by atoms with van der Waals surface area (Å²) in [7, 11) is 0. The average molecular weight is 478 g/mol. The molecule has 2 aromatic rings. The molecular formula is C17H24Cl2Hf-2. The molecule has 2 rings (SSSR count). The fraction of sp³-hybridized carbons (Fsp3) is 0.353. The third-order valence-corrected chi connectivity index (χ3v) is 2.13. The number of rotatable bonds is 0. The second-order valence-corrected chi connectivity index (χ2v) is 8.52. The Morgan fingerprint density at radius 3 is 1.10 bits per heavy atom. The molecule has 0 aliphatic carbocycles. The first-order chi connectivity index (χ1) is 8.31. The van der Waals surface area contributed by atoms with Crippen LogP contribution in [0, 0.1) is 27.7 Å². The van der Waals surface area contributed by atoms with Crippen molar-refractivity contribution in [1.82, 2.24) is 0 Å². The van der Waals surface area contributed by atoms with Crippen LogP contribution in [0.25, 0.3) is 0 Å². The number of hydrogen-bond donors (Lipinski definition) is 0. The van der Waals surface area contributed by atoms with Crippen molar-refractivity contribution in [3.8, 4) is 0 Å². The van der Waals surface area contributed by atoms with E-state index in [1.54, 1.807) is 3.26 Å². The molecule has 0 heterocycles. The summed E-state index contributed by atoms with van der Waals surface area (Å²) in [6.45, 7) is 12.7. The molecule has 3 heteroatoms. The van der Waals surface area contributed by atoms with Crippen LogP contribution in [0.3, 0.4) is 0 Å². The van der Waals surface area contributed by atoms with Gasteiger partial charge in [0, 0.05) is 0 Å². The smallest absolute Gasteiger partial charge is 0.0635 e. The van der Waals surface area contributed by atoms with Gasteiger partial charge in [-0.3, -0.25) is 0 Å². The first kappa shape index (κ1) is 25.0. The Balaban J connectivity index is -0.000000215. The first-order valence-corrected chi connectivity index (χ1v) is 8.02. The number of aryl methyl sites for hydroxylation is 4. The average Bonchev–Trinajstić information content (AvgIpc) is 2.76. The van der Waals surface area contributed by atoms with Gasteiger partial charge in [-0.15, -0.1) is 0 Å². The van der Waals surface area contributed by atoms with Crippen LogP contribution in [-0.4, -0.2) is 3.26 Å². The van der Waals surface area contributed by atoms with Gasteiger partial charge < -0.3 is 24.8 Å². The molecule has 0 unspecified atom stereocenters. The van der Waals surface area contributed by atoms with Crippen LogP contribution in [0.15, 0.2) is 36.4 Å². The van der Waals surface area contributed by atoms with E-state index < -0.39 is 0 Å². The van der Waals surface area contributed by atoms with Crippen molar-refractivity contribution in [3.05, 3.63) is 58.7 Å². The molecule has 0 nitrogen and oxygen atoms in total. The molecule has 0 radical (unpaired) electrons. The molecular weight excluding hydrogens is 454 g/mol. The van der Waals surface area contributed by atoms with Crippen molar-refractivity contribution in [2.45, 2.75) is 41.5 Å². The van der Waals surface area contributed by atoms with Crippen LogP contribution >= 0.6 is 0 Å². The van der Waals surface area contributed by atoms with Crippen LogP contribution in [0.4, 0.5) is 0 Å². The quantitative estimate of drug-likeness (QED) is 0.330. The molecule has 0 bridgehead atoms. The number of hydrogen-bond acceptors (Lipinski definition) is 0. The van der Waals surface area contributed by atoms with Gasteiger partial charge in [0.15, 0.2) is 0 Å². The Hall–Kier alpha value is 0.0201. The molecule has 0 fully saturated rings. The van der Waals surface area contributed by atoms with Gasteiger partial charge in [0.05, 0.1) is 0 Å². The molecule has 0 saturated heterocycles. The van der Waals surface area contributed by atoms with Crippen molar-refractivity contribution >= 4 is 3.26 Å². The van der Waals surface area contributed by atoms with Crippen LogP contribution in [0.1, 0.15) is 36.1 Å². The molecule has 0 N–H and O–H groups in total. The Morgan fingerprint density at radius 2 is 1.05 bits per heavy atom. The number of halogens is 2. The summed E-state index contributed by atoms with van der Waals surface area (Å²) in [5.74, 6) is 0. The van der Waals surface area contributed by atoms with Crippen molar-refractivity contribution < 1.29 is 48.7 Å². The zero-order valence-corrected chi connectivity index (χ0v) is 18.3. The van der Waals surface area contributed by atoms with Gasteiger partial charge in [0.1, 0.15) is 0 Å². The van der Waals surface area contributed by atoms with E-state index in [4.69, 9.17) is 0 Å². The Morgan fingerprint density at radius 1 is 0.800 bits per heavy atom.